The van der Waals surface area contributed by atoms with Gasteiger partial charge in [-0.2, -0.15) is 13.2 Å². The molecule has 1 aliphatic heterocycles. The number of benzene rings is 1. The first-order chi connectivity index (χ1) is 8.31. The fourth-order valence-electron chi connectivity index (χ4n) is 1.99. The molecule has 1 aromatic rings. The van der Waals surface area contributed by atoms with Crippen molar-refractivity contribution in [3.63, 3.8) is 0 Å². The number of anilines is 1. The van der Waals surface area contributed by atoms with E-state index in [0.29, 0.717) is 11.3 Å². The molecule has 6 heteroatoms. The minimum absolute atomic E-state index is 0.117. The van der Waals surface area contributed by atoms with Crippen molar-refractivity contribution in [1.82, 2.24) is 0 Å². The Hall–Kier alpha value is -1.85. The lowest BCUT2D eigenvalue weighted by Crippen LogP contribution is -2.27. The van der Waals surface area contributed by atoms with E-state index in [1.165, 1.54) is 11.9 Å². The average molecular weight is 256 g/mol. The van der Waals surface area contributed by atoms with Crippen molar-refractivity contribution in [3.8, 4) is 0 Å². The maximum atomic E-state index is 12.2. The third-order valence-corrected chi connectivity index (χ3v) is 2.75. The first-order valence-corrected chi connectivity index (χ1v) is 5.30. The second-order valence-corrected chi connectivity index (χ2v) is 4.12. The monoisotopic (exact) mass is 256 g/mol. The van der Waals surface area contributed by atoms with Gasteiger partial charge in [-0.3, -0.25) is 9.79 Å². The zero-order valence-electron chi connectivity index (χ0n) is 9.88. The molecule has 0 aromatic heterocycles. The Bertz CT molecular complexity index is 535. The second-order valence-electron chi connectivity index (χ2n) is 4.12. The zero-order valence-corrected chi connectivity index (χ0v) is 9.88. The van der Waals surface area contributed by atoms with Crippen LogP contribution in [-0.2, 0) is 4.79 Å². The highest BCUT2D eigenvalue weighted by Crippen LogP contribution is 2.31. The number of halogens is 3. The highest BCUT2D eigenvalue weighted by atomic mass is 19.4. The molecule has 1 aliphatic rings. The van der Waals surface area contributed by atoms with Gasteiger partial charge in [0.25, 0.3) is 5.91 Å². The molecule has 0 N–H and O–H groups in total. The SMILES string of the molecule is Cc1cccc2c1N(C)C(=O)C2=NCC(F)(F)F. The van der Waals surface area contributed by atoms with Crippen molar-refractivity contribution in [2.45, 2.75) is 13.1 Å². The summed E-state index contributed by atoms with van der Waals surface area (Å²) in [7, 11) is 1.53. The Balaban J connectivity index is 2.47. The number of likely N-dealkylation sites (N-methyl/N-ethyl adjacent to an activating group) is 1. The van der Waals surface area contributed by atoms with E-state index < -0.39 is 18.6 Å². The third kappa shape index (κ3) is 2.10. The van der Waals surface area contributed by atoms with Gasteiger partial charge in [-0.1, -0.05) is 18.2 Å². The molecule has 0 fully saturated rings. The van der Waals surface area contributed by atoms with E-state index in [9.17, 15) is 18.0 Å². The minimum Gasteiger partial charge on any atom is -0.309 e. The van der Waals surface area contributed by atoms with Crippen molar-refractivity contribution in [3.05, 3.63) is 29.3 Å². The fourth-order valence-corrected chi connectivity index (χ4v) is 1.99. The Kier molecular flexibility index (Phi) is 2.88. The summed E-state index contributed by atoms with van der Waals surface area (Å²) in [5.74, 6) is -0.497. The lowest BCUT2D eigenvalue weighted by atomic mass is 10.1. The molecule has 0 radical (unpaired) electrons. The van der Waals surface area contributed by atoms with Crippen LogP contribution in [0, 0.1) is 6.92 Å². The maximum Gasteiger partial charge on any atom is 0.407 e. The molecule has 0 saturated carbocycles. The summed E-state index contributed by atoms with van der Waals surface area (Å²) in [5.41, 5.74) is 1.81. The van der Waals surface area contributed by atoms with E-state index in [-0.39, 0.29) is 5.71 Å². The van der Waals surface area contributed by atoms with Crippen LogP contribution in [0.4, 0.5) is 18.9 Å². The van der Waals surface area contributed by atoms with Crippen molar-refractivity contribution < 1.29 is 18.0 Å². The van der Waals surface area contributed by atoms with Crippen molar-refractivity contribution in [2.24, 2.45) is 4.99 Å². The Morgan fingerprint density at radius 1 is 1.33 bits per heavy atom. The lowest BCUT2D eigenvalue weighted by Gasteiger charge is -2.11. The lowest BCUT2D eigenvalue weighted by molar-refractivity contribution is -0.118. The van der Waals surface area contributed by atoms with Crippen molar-refractivity contribution >= 4 is 17.3 Å². The standard InChI is InChI=1S/C12H11F3N2O/c1-7-4-3-5-8-9(16-6-12(13,14)15)11(18)17(2)10(7)8/h3-5H,6H2,1-2H3. The van der Waals surface area contributed by atoms with Crippen LogP contribution in [-0.4, -0.2) is 31.4 Å². The summed E-state index contributed by atoms with van der Waals surface area (Å²) in [6.07, 6.45) is -4.40. The number of amides is 1. The van der Waals surface area contributed by atoms with Gasteiger partial charge in [-0.25, -0.2) is 0 Å². The normalized spacial score (nSPS) is 17.5. The first kappa shape index (κ1) is 12.6. The number of hydrogen-bond donors (Lipinski definition) is 0. The molecule has 2 rings (SSSR count). The van der Waals surface area contributed by atoms with Crippen molar-refractivity contribution in [2.75, 3.05) is 18.5 Å². The van der Waals surface area contributed by atoms with Gasteiger partial charge in [0.2, 0.25) is 0 Å². The van der Waals surface area contributed by atoms with Gasteiger partial charge < -0.3 is 4.90 Å². The summed E-state index contributed by atoms with van der Waals surface area (Å²) in [6, 6.07) is 5.11. The number of para-hydroxylation sites is 1. The molecule has 1 heterocycles. The zero-order chi connectivity index (χ0) is 13.5. The summed E-state index contributed by atoms with van der Waals surface area (Å²) in [5, 5.41) is 0. The molecule has 96 valence electrons. The van der Waals surface area contributed by atoms with Crippen molar-refractivity contribution in [1.29, 1.82) is 0 Å². The van der Waals surface area contributed by atoms with Crippen LogP contribution in [0.5, 0.6) is 0 Å². The highest BCUT2D eigenvalue weighted by Gasteiger charge is 2.34. The van der Waals surface area contributed by atoms with E-state index in [4.69, 9.17) is 0 Å². The van der Waals surface area contributed by atoms with Gasteiger partial charge in [0.1, 0.15) is 12.3 Å². The smallest absolute Gasteiger partial charge is 0.309 e. The number of aliphatic imine (C=N–C) groups is 1. The molecule has 1 aromatic carbocycles. The molecular formula is C12H11F3N2O. The molecule has 0 saturated heterocycles. The van der Waals surface area contributed by atoms with Gasteiger partial charge in [0.05, 0.1) is 5.69 Å². The molecule has 3 nitrogen and oxygen atoms in total. The summed E-state index contributed by atoms with van der Waals surface area (Å²) >= 11 is 0. The van der Waals surface area contributed by atoms with Gasteiger partial charge in [0, 0.05) is 12.6 Å². The molecule has 0 bridgehead atoms. The Labute approximate surface area is 102 Å². The predicted molar refractivity (Wildman–Crippen MR) is 62.0 cm³/mol. The number of aryl methyl sites for hydroxylation is 1. The average Bonchev–Trinajstić information content (AvgIpc) is 2.50. The fraction of sp³-hybridized carbons (Fsp3) is 0.333. The number of fused-ring (bicyclic) bond motifs is 1. The quantitative estimate of drug-likeness (QED) is 0.759. The molecule has 1 amide bonds. The van der Waals surface area contributed by atoms with E-state index >= 15 is 0 Å². The van der Waals surface area contributed by atoms with E-state index in [1.807, 2.05) is 0 Å². The first-order valence-electron chi connectivity index (χ1n) is 5.30. The number of nitrogens with zero attached hydrogens (tertiary/aromatic N) is 2. The molecule has 18 heavy (non-hydrogen) atoms. The van der Waals surface area contributed by atoms with Crippen LogP contribution < -0.4 is 4.90 Å². The highest BCUT2D eigenvalue weighted by molar-refractivity contribution is 6.54. The summed E-state index contributed by atoms with van der Waals surface area (Å²) < 4.78 is 36.5. The maximum absolute atomic E-state index is 12.2. The Morgan fingerprint density at radius 2 is 2.00 bits per heavy atom. The topological polar surface area (TPSA) is 32.7 Å². The minimum atomic E-state index is -4.40. The predicted octanol–water partition coefficient (Wildman–Crippen LogP) is 2.32. The molecular weight excluding hydrogens is 245 g/mol. The molecule has 0 aliphatic carbocycles. The third-order valence-electron chi connectivity index (χ3n) is 2.75. The van der Waals surface area contributed by atoms with Crippen LogP contribution in [0.2, 0.25) is 0 Å². The number of carbonyl (C=O) groups excluding carboxylic acids is 1. The van der Waals surface area contributed by atoms with Crippen LogP contribution in [0.15, 0.2) is 23.2 Å². The van der Waals surface area contributed by atoms with E-state index in [1.54, 1.807) is 25.1 Å². The number of rotatable bonds is 1. The van der Waals surface area contributed by atoms with Crippen LogP contribution in [0.1, 0.15) is 11.1 Å². The second kappa shape index (κ2) is 4.12. The van der Waals surface area contributed by atoms with Crippen LogP contribution in [0.3, 0.4) is 0 Å². The van der Waals surface area contributed by atoms with Gasteiger partial charge in [-0.05, 0) is 12.5 Å². The molecule has 0 spiro atoms. The number of hydrogen-bond acceptors (Lipinski definition) is 2. The van der Waals surface area contributed by atoms with Gasteiger partial charge in [0.15, 0.2) is 0 Å². The van der Waals surface area contributed by atoms with Crippen LogP contribution >= 0.6 is 0 Å². The van der Waals surface area contributed by atoms with Crippen LogP contribution in [0.25, 0.3) is 0 Å². The number of alkyl halides is 3. The van der Waals surface area contributed by atoms with Gasteiger partial charge in [-0.15, -0.1) is 0 Å². The largest absolute Gasteiger partial charge is 0.407 e. The summed E-state index contributed by atoms with van der Waals surface area (Å²) in [4.78, 5) is 16.6. The number of carbonyl (C=O) groups is 1. The van der Waals surface area contributed by atoms with Gasteiger partial charge >= 0.3 is 6.18 Å². The molecule has 0 unspecified atom stereocenters. The van der Waals surface area contributed by atoms with E-state index in [0.717, 1.165) is 5.56 Å². The summed E-state index contributed by atoms with van der Waals surface area (Å²) in [6.45, 7) is 0.463. The molecule has 0 atom stereocenters. The Morgan fingerprint density at radius 3 is 2.61 bits per heavy atom. The van der Waals surface area contributed by atoms with E-state index in [2.05, 4.69) is 4.99 Å².